The third-order valence-electron chi connectivity index (χ3n) is 2.98. The van der Waals surface area contributed by atoms with E-state index in [9.17, 15) is 18.4 Å². The molecule has 0 saturated carbocycles. The molecule has 9 heteroatoms. The fraction of sp³-hybridized carbons (Fsp3) is 0.500. The van der Waals surface area contributed by atoms with Crippen LogP contribution in [-0.4, -0.2) is 41.5 Å². The summed E-state index contributed by atoms with van der Waals surface area (Å²) in [5, 5.41) is 8.29. The molecule has 21 heavy (non-hydrogen) atoms. The topological polar surface area (TPSA) is 75.2 Å². The maximum atomic E-state index is 13.5. The van der Waals surface area contributed by atoms with E-state index >= 15 is 0 Å². The standard InChI is InChI=1S/C12H16F2N4O2S/c1-15-12-16-5-9(21-12)10(19)17-7-4-8(14)11(20)18(6-7)3-2-13/h4,6,9,12,15-16H,2-3,5H2,1H3,(H,17,19). The zero-order valence-electron chi connectivity index (χ0n) is 11.4. The van der Waals surface area contributed by atoms with Crippen LogP contribution < -0.4 is 21.5 Å². The minimum absolute atomic E-state index is 0.0158. The number of rotatable bonds is 5. The smallest absolute Gasteiger partial charge is 0.286 e. The van der Waals surface area contributed by atoms with Gasteiger partial charge in [0.15, 0.2) is 5.82 Å². The Labute approximate surface area is 124 Å². The first-order valence-corrected chi connectivity index (χ1v) is 7.32. The van der Waals surface area contributed by atoms with Crippen molar-refractivity contribution in [1.82, 2.24) is 15.2 Å². The highest BCUT2D eigenvalue weighted by Crippen LogP contribution is 2.21. The van der Waals surface area contributed by atoms with Crippen molar-refractivity contribution in [3.8, 4) is 0 Å². The molecule has 2 atom stereocenters. The van der Waals surface area contributed by atoms with Gasteiger partial charge in [0.2, 0.25) is 5.91 Å². The number of hydrogen-bond acceptors (Lipinski definition) is 5. The zero-order chi connectivity index (χ0) is 15.4. The summed E-state index contributed by atoms with van der Waals surface area (Å²) in [5.74, 6) is -1.32. The van der Waals surface area contributed by atoms with Crippen LogP contribution in [0.15, 0.2) is 17.1 Å². The lowest BCUT2D eigenvalue weighted by Crippen LogP contribution is -2.33. The Hall–Kier alpha value is -1.45. The van der Waals surface area contributed by atoms with E-state index in [0.717, 1.165) is 10.6 Å². The van der Waals surface area contributed by atoms with Gasteiger partial charge in [0.1, 0.15) is 12.2 Å². The predicted molar refractivity (Wildman–Crippen MR) is 77.5 cm³/mol. The number of carbonyl (C=O) groups is 1. The molecule has 3 N–H and O–H groups in total. The highest BCUT2D eigenvalue weighted by Gasteiger charge is 2.29. The third kappa shape index (κ3) is 3.80. The van der Waals surface area contributed by atoms with Gasteiger partial charge in [-0.15, -0.1) is 11.8 Å². The number of anilines is 1. The van der Waals surface area contributed by atoms with Gasteiger partial charge in [0.05, 0.1) is 17.5 Å². The van der Waals surface area contributed by atoms with Crippen LogP contribution in [0.4, 0.5) is 14.5 Å². The van der Waals surface area contributed by atoms with Gasteiger partial charge in [-0.2, -0.15) is 0 Å². The zero-order valence-corrected chi connectivity index (χ0v) is 12.2. The first kappa shape index (κ1) is 15.9. The van der Waals surface area contributed by atoms with Crippen molar-refractivity contribution < 1.29 is 13.6 Å². The molecular weight excluding hydrogens is 302 g/mol. The van der Waals surface area contributed by atoms with E-state index in [1.807, 2.05) is 0 Å². The molecule has 6 nitrogen and oxygen atoms in total. The number of carbonyl (C=O) groups excluding carboxylic acids is 1. The number of thioether (sulfide) groups is 1. The normalized spacial score (nSPS) is 21.5. The van der Waals surface area contributed by atoms with Gasteiger partial charge in [-0.1, -0.05) is 0 Å². The van der Waals surface area contributed by atoms with Gasteiger partial charge in [-0.3, -0.25) is 20.2 Å². The maximum absolute atomic E-state index is 13.5. The quantitative estimate of drug-likeness (QED) is 0.718. The fourth-order valence-electron chi connectivity index (χ4n) is 1.95. The van der Waals surface area contributed by atoms with E-state index in [4.69, 9.17) is 0 Å². The Morgan fingerprint density at radius 3 is 3.00 bits per heavy atom. The number of alkyl halides is 1. The molecule has 1 aromatic heterocycles. The lowest BCUT2D eigenvalue weighted by atomic mass is 10.3. The van der Waals surface area contributed by atoms with Gasteiger partial charge < -0.3 is 9.88 Å². The van der Waals surface area contributed by atoms with Crippen LogP contribution in [0, 0.1) is 5.82 Å². The van der Waals surface area contributed by atoms with Crippen LogP contribution >= 0.6 is 11.8 Å². The number of amides is 1. The average Bonchev–Trinajstić information content (AvgIpc) is 2.93. The Morgan fingerprint density at radius 1 is 1.62 bits per heavy atom. The Bertz CT molecular complexity index is 581. The van der Waals surface area contributed by atoms with E-state index in [1.54, 1.807) is 7.05 Å². The van der Waals surface area contributed by atoms with Crippen molar-refractivity contribution in [1.29, 1.82) is 0 Å². The monoisotopic (exact) mass is 318 g/mol. The van der Waals surface area contributed by atoms with E-state index in [2.05, 4.69) is 16.0 Å². The molecular formula is C12H16F2N4O2S. The lowest BCUT2D eigenvalue weighted by Gasteiger charge is -2.12. The molecule has 116 valence electrons. The number of nitrogens with one attached hydrogen (secondary N) is 3. The Morgan fingerprint density at radius 2 is 2.38 bits per heavy atom. The second kappa shape index (κ2) is 7.01. The molecule has 1 amide bonds. The second-order valence-electron chi connectivity index (χ2n) is 4.46. The third-order valence-corrected chi connectivity index (χ3v) is 4.36. The molecule has 0 aromatic carbocycles. The van der Waals surface area contributed by atoms with Gasteiger partial charge in [-0.05, 0) is 7.05 Å². The van der Waals surface area contributed by atoms with Gasteiger partial charge in [-0.25, -0.2) is 8.78 Å². The van der Waals surface area contributed by atoms with Crippen molar-refractivity contribution in [3.05, 3.63) is 28.4 Å². The minimum atomic E-state index is -1.02. The summed E-state index contributed by atoms with van der Waals surface area (Å²) in [6.45, 7) is -0.557. The van der Waals surface area contributed by atoms with E-state index in [-0.39, 0.29) is 28.9 Å². The molecule has 2 rings (SSSR count). The molecule has 2 heterocycles. The first-order chi connectivity index (χ1) is 10.0. The molecule has 1 aromatic rings. The molecule has 0 spiro atoms. The van der Waals surface area contributed by atoms with Crippen LogP contribution in [0.1, 0.15) is 0 Å². The fourth-order valence-corrected chi connectivity index (χ4v) is 2.98. The number of hydrogen-bond donors (Lipinski definition) is 3. The summed E-state index contributed by atoms with van der Waals surface area (Å²) in [7, 11) is 1.77. The molecule has 1 saturated heterocycles. The van der Waals surface area contributed by atoms with E-state index in [0.29, 0.717) is 6.54 Å². The summed E-state index contributed by atoms with van der Waals surface area (Å²) in [5.41, 5.74) is -0.783. The van der Waals surface area contributed by atoms with Crippen LogP contribution in [-0.2, 0) is 11.3 Å². The van der Waals surface area contributed by atoms with Crippen LogP contribution in [0.5, 0.6) is 0 Å². The molecule has 1 aliphatic heterocycles. The van der Waals surface area contributed by atoms with E-state index < -0.39 is 18.1 Å². The number of pyridine rings is 1. The lowest BCUT2D eigenvalue weighted by molar-refractivity contribution is -0.115. The molecule has 0 radical (unpaired) electrons. The molecule has 0 bridgehead atoms. The van der Waals surface area contributed by atoms with Crippen molar-refractivity contribution in [2.75, 3.05) is 25.6 Å². The van der Waals surface area contributed by atoms with Crippen molar-refractivity contribution in [2.24, 2.45) is 0 Å². The summed E-state index contributed by atoms with van der Waals surface area (Å²) in [6.07, 6.45) is 1.24. The summed E-state index contributed by atoms with van der Waals surface area (Å²) in [4.78, 5) is 23.5. The molecule has 1 aliphatic rings. The number of aryl methyl sites for hydroxylation is 1. The summed E-state index contributed by atoms with van der Waals surface area (Å²) >= 11 is 1.40. The summed E-state index contributed by atoms with van der Waals surface area (Å²) < 4.78 is 26.7. The van der Waals surface area contributed by atoms with Crippen molar-refractivity contribution >= 4 is 23.4 Å². The second-order valence-corrected chi connectivity index (χ2v) is 5.77. The molecule has 0 aliphatic carbocycles. The van der Waals surface area contributed by atoms with Crippen molar-refractivity contribution in [3.63, 3.8) is 0 Å². The highest BCUT2D eigenvalue weighted by molar-refractivity contribution is 8.01. The Kier molecular flexibility index (Phi) is 5.32. The SMILES string of the molecule is CNC1NCC(C(=O)Nc2cc(F)c(=O)n(CCF)c2)S1. The number of halogens is 2. The van der Waals surface area contributed by atoms with Crippen LogP contribution in [0.3, 0.4) is 0 Å². The van der Waals surface area contributed by atoms with Crippen LogP contribution in [0.2, 0.25) is 0 Å². The Balaban J connectivity index is 2.09. The van der Waals surface area contributed by atoms with Gasteiger partial charge >= 0.3 is 0 Å². The molecule has 2 unspecified atom stereocenters. The van der Waals surface area contributed by atoms with Gasteiger partial charge in [0, 0.05) is 18.8 Å². The average molecular weight is 318 g/mol. The largest absolute Gasteiger partial charge is 0.324 e. The first-order valence-electron chi connectivity index (χ1n) is 6.38. The van der Waals surface area contributed by atoms with Gasteiger partial charge in [0.25, 0.3) is 5.56 Å². The van der Waals surface area contributed by atoms with E-state index in [1.165, 1.54) is 18.0 Å². The maximum Gasteiger partial charge on any atom is 0.286 e. The highest BCUT2D eigenvalue weighted by atomic mass is 32.2. The van der Waals surface area contributed by atoms with Crippen LogP contribution in [0.25, 0.3) is 0 Å². The predicted octanol–water partition coefficient (Wildman–Crippen LogP) is 0.103. The minimum Gasteiger partial charge on any atom is -0.324 e. The molecule has 1 fully saturated rings. The number of nitrogens with zero attached hydrogens (tertiary/aromatic N) is 1. The summed E-state index contributed by atoms with van der Waals surface area (Å²) in [6, 6.07) is 0.942. The van der Waals surface area contributed by atoms with Crippen molar-refractivity contribution in [2.45, 2.75) is 17.3 Å². The number of aromatic nitrogens is 1.